The van der Waals surface area contributed by atoms with E-state index < -0.39 is 0 Å². The Hall–Kier alpha value is -1.58. The number of benzene rings is 1. The van der Waals surface area contributed by atoms with Gasteiger partial charge in [-0.3, -0.25) is 4.99 Å². The molecule has 1 aliphatic carbocycles. The van der Waals surface area contributed by atoms with E-state index >= 15 is 0 Å². The van der Waals surface area contributed by atoms with Crippen LogP contribution in [-0.2, 0) is 5.41 Å². The summed E-state index contributed by atoms with van der Waals surface area (Å²) in [6, 6.07) is 7.36. The molecule has 19 heavy (non-hydrogen) atoms. The maximum atomic E-state index is 13.3. The number of halogens is 1. The largest absolute Gasteiger partial charge is 0.356 e. The zero-order valence-electron chi connectivity index (χ0n) is 11.8. The summed E-state index contributed by atoms with van der Waals surface area (Å²) in [6.45, 7) is 4.90. The van der Waals surface area contributed by atoms with E-state index in [2.05, 4.69) is 29.5 Å². The Labute approximate surface area is 114 Å². The van der Waals surface area contributed by atoms with Gasteiger partial charge in [0, 0.05) is 25.0 Å². The molecule has 0 aromatic heterocycles. The highest BCUT2D eigenvalue weighted by molar-refractivity contribution is 5.80. The topological polar surface area (TPSA) is 36.4 Å². The second-order valence-electron chi connectivity index (χ2n) is 5.74. The lowest BCUT2D eigenvalue weighted by Crippen LogP contribution is -2.44. The van der Waals surface area contributed by atoms with Crippen LogP contribution in [0.25, 0.3) is 0 Å². The SMILES string of the molecule is CN=C(NCC(C)(C)c1cccc(F)c1)NC1CC1. The van der Waals surface area contributed by atoms with Crippen molar-refractivity contribution in [2.45, 2.75) is 38.1 Å². The minimum absolute atomic E-state index is 0.150. The van der Waals surface area contributed by atoms with Crippen molar-refractivity contribution < 1.29 is 4.39 Å². The molecule has 1 aromatic carbocycles. The van der Waals surface area contributed by atoms with Crippen LogP contribution >= 0.6 is 0 Å². The molecule has 0 radical (unpaired) electrons. The molecule has 1 aliphatic rings. The molecular weight excluding hydrogens is 241 g/mol. The highest BCUT2D eigenvalue weighted by Crippen LogP contribution is 2.23. The van der Waals surface area contributed by atoms with Crippen molar-refractivity contribution in [3.8, 4) is 0 Å². The van der Waals surface area contributed by atoms with Crippen molar-refractivity contribution in [2.75, 3.05) is 13.6 Å². The second-order valence-corrected chi connectivity index (χ2v) is 5.74. The number of guanidine groups is 1. The summed E-state index contributed by atoms with van der Waals surface area (Å²) in [5, 5.41) is 6.66. The molecule has 0 atom stereocenters. The van der Waals surface area contributed by atoms with Gasteiger partial charge >= 0.3 is 0 Å². The van der Waals surface area contributed by atoms with Crippen LogP contribution in [0, 0.1) is 5.82 Å². The van der Waals surface area contributed by atoms with Gasteiger partial charge in [0.15, 0.2) is 5.96 Å². The molecule has 1 aromatic rings. The molecular formula is C15H22FN3. The summed E-state index contributed by atoms with van der Waals surface area (Å²) in [4.78, 5) is 4.20. The van der Waals surface area contributed by atoms with Crippen LogP contribution < -0.4 is 10.6 Å². The Morgan fingerprint density at radius 1 is 1.42 bits per heavy atom. The first-order valence-electron chi connectivity index (χ1n) is 6.74. The molecule has 2 rings (SSSR count). The van der Waals surface area contributed by atoms with Gasteiger partial charge < -0.3 is 10.6 Å². The van der Waals surface area contributed by atoms with Gasteiger partial charge in [-0.05, 0) is 30.5 Å². The fourth-order valence-corrected chi connectivity index (χ4v) is 1.93. The number of nitrogens with one attached hydrogen (secondary N) is 2. The molecule has 104 valence electrons. The van der Waals surface area contributed by atoms with Crippen LogP contribution in [0.2, 0.25) is 0 Å². The first-order valence-corrected chi connectivity index (χ1v) is 6.74. The van der Waals surface area contributed by atoms with E-state index in [1.807, 2.05) is 6.07 Å². The maximum absolute atomic E-state index is 13.3. The highest BCUT2D eigenvalue weighted by Gasteiger charge is 2.24. The van der Waals surface area contributed by atoms with Gasteiger partial charge in [-0.15, -0.1) is 0 Å². The lowest BCUT2D eigenvalue weighted by Gasteiger charge is -2.26. The van der Waals surface area contributed by atoms with Crippen LogP contribution in [0.4, 0.5) is 4.39 Å². The van der Waals surface area contributed by atoms with Crippen molar-refractivity contribution in [2.24, 2.45) is 4.99 Å². The van der Waals surface area contributed by atoms with Gasteiger partial charge in [0.2, 0.25) is 0 Å². The van der Waals surface area contributed by atoms with Crippen molar-refractivity contribution >= 4 is 5.96 Å². The average Bonchev–Trinajstić information content (AvgIpc) is 3.18. The molecule has 0 spiro atoms. The Balaban J connectivity index is 1.96. The quantitative estimate of drug-likeness (QED) is 0.646. The summed E-state index contributed by atoms with van der Waals surface area (Å²) >= 11 is 0. The van der Waals surface area contributed by atoms with Crippen LogP contribution in [-0.4, -0.2) is 25.6 Å². The monoisotopic (exact) mass is 263 g/mol. The summed E-state index contributed by atoms with van der Waals surface area (Å²) in [7, 11) is 1.77. The summed E-state index contributed by atoms with van der Waals surface area (Å²) in [5.41, 5.74) is 0.838. The highest BCUT2D eigenvalue weighted by atomic mass is 19.1. The van der Waals surface area contributed by atoms with Gasteiger partial charge in [-0.2, -0.15) is 0 Å². The Bertz CT molecular complexity index is 464. The third-order valence-corrected chi connectivity index (χ3v) is 3.45. The maximum Gasteiger partial charge on any atom is 0.191 e. The first-order chi connectivity index (χ1) is 9.01. The Morgan fingerprint density at radius 3 is 2.74 bits per heavy atom. The van der Waals surface area contributed by atoms with Crippen LogP contribution in [0.5, 0.6) is 0 Å². The van der Waals surface area contributed by atoms with Crippen LogP contribution in [0.15, 0.2) is 29.3 Å². The summed E-state index contributed by atoms with van der Waals surface area (Å²) < 4.78 is 13.3. The lowest BCUT2D eigenvalue weighted by atomic mass is 9.84. The van der Waals surface area contributed by atoms with Gasteiger partial charge in [-0.1, -0.05) is 26.0 Å². The summed E-state index contributed by atoms with van der Waals surface area (Å²) in [5.74, 6) is 0.637. The molecule has 0 aliphatic heterocycles. The smallest absolute Gasteiger partial charge is 0.191 e. The number of rotatable bonds is 4. The van der Waals surface area contributed by atoms with Crippen molar-refractivity contribution in [3.05, 3.63) is 35.6 Å². The van der Waals surface area contributed by atoms with Gasteiger partial charge in [-0.25, -0.2) is 4.39 Å². The molecule has 3 nitrogen and oxygen atoms in total. The fraction of sp³-hybridized carbons (Fsp3) is 0.533. The molecule has 2 N–H and O–H groups in total. The molecule has 0 amide bonds. The fourth-order valence-electron chi connectivity index (χ4n) is 1.93. The molecule has 4 heteroatoms. The Morgan fingerprint density at radius 2 is 2.16 bits per heavy atom. The van der Waals surface area contributed by atoms with Crippen LogP contribution in [0.1, 0.15) is 32.3 Å². The molecule has 1 saturated carbocycles. The van der Waals surface area contributed by atoms with Crippen molar-refractivity contribution in [1.29, 1.82) is 0 Å². The lowest BCUT2D eigenvalue weighted by molar-refractivity contribution is 0.503. The van der Waals surface area contributed by atoms with Gasteiger partial charge in [0.05, 0.1) is 0 Å². The van der Waals surface area contributed by atoms with E-state index in [0.717, 1.165) is 11.5 Å². The molecule has 0 heterocycles. The standard InChI is InChI=1S/C15H22FN3/c1-15(2,11-5-4-6-12(16)9-11)10-18-14(17-3)19-13-7-8-13/h4-6,9,13H,7-8,10H2,1-3H3,(H2,17,18,19). The molecule has 0 bridgehead atoms. The second kappa shape index (κ2) is 5.59. The number of hydrogen-bond donors (Lipinski definition) is 2. The zero-order valence-corrected chi connectivity index (χ0v) is 11.8. The first kappa shape index (κ1) is 13.8. The number of nitrogens with zero attached hydrogens (tertiary/aromatic N) is 1. The molecule has 0 unspecified atom stereocenters. The predicted octanol–water partition coefficient (Wildman–Crippen LogP) is 2.43. The van der Waals surface area contributed by atoms with E-state index in [4.69, 9.17) is 0 Å². The van der Waals surface area contributed by atoms with Gasteiger partial charge in [0.25, 0.3) is 0 Å². The normalized spacial score (nSPS) is 16.3. The van der Waals surface area contributed by atoms with E-state index in [0.29, 0.717) is 12.6 Å². The van der Waals surface area contributed by atoms with E-state index in [1.165, 1.54) is 18.9 Å². The number of aliphatic imine (C=N–C) groups is 1. The average molecular weight is 263 g/mol. The third-order valence-electron chi connectivity index (χ3n) is 3.45. The van der Waals surface area contributed by atoms with E-state index in [-0.39, 0.29) is 11.2 Å². The minimum Gasteiger partial charge on any atom is -0.356 e. The van der Waals surface area contributed by atoms with Crippen molar-refractivity contribution in [1.82, 2.24) is 10.6 Å². The molecule has 0 saturated heterocycles. The van der Waals surface area contributed by atoms with Crippen LogP contribution in [0.3, 0.4) is 0 Å². The zero-order chi connectivity index (χ0) is 13.9. The number of hydrogen-bond acceptors (Lipinski definition) is 1. The Kier molecular flexibility index (Phi) is 4.08. The summed E-state index contributed by atoms with van der Waals surface area (Å²) in [6.07, 6.45) is 2.43. The van der Waals surface area contributed by atoms with E-state index in [1.54, 1.807) is 19.2 Å². The van der Waals surface area contributed by atoms with Gasteiger partial charge in [0.1, 0.15) is 5.82 Å². The van der Waals surface area contributed by atoms with E-state index in [9.17, 15) is 4.39 Å². The van der Waals surface area contributed by atoms with Crippen molar-refractivity contribution in [3.63, 3.8) is 0 Å². The third kappa shape index (κ3) is 3.94. The predicted molar refractivity (Wildman–Crippen MR) is 76.9 cm³/mol. The minimum atomic E-state index is -0.189. The molecule has 1 fully saturated rings.